The molecule has 0 fully saturated rings. The lowest BCUT2D eigenvalue weighted by Crippen LogP contribution is -1.80. The zero-order chi connectivity index (χ0) is 57.3. The molecule has 15 nitrogen and oxygen atoms in total. The van der Waals surface area contributed by atoms with Crippen LogP contribution in [0.1, 0.15) is 34.2 Å². The second-order valence-corrected chi connectivity index (χ2v) is 22.9. The Bertz CT molecular complexity index is 4550. The van der Waals surface area contributed by atoms with Gasteiger partial charge in [0.25, 0.3) is 0 Å². The van der Waals surface area contributed by atoms with Crippen molar-refractivity contribution in [2.75, 3.05) is 0 Å². The fraction of sp³-hybridized carbons (Fsp3) is 0.0909. The first-order chi connectivity index (χ1) is 41.1. The van der Waals surface area contributed by atoms with E-state index in [0.717, 1.165) is 111 Å². The topological polar surface area (TPSA) is 194 Å². The molecule has 0 aliphatic carbocycles. The highest BCUT2D eigenvalue weighted by Gasteiger charge is 2.12. The van der Waals surface area contributed by atoms with Gasteiger partial charge in [0.1, 0.15) is 32.5 Å². The molecule has 18 heterocycles. The Labute approximate surface area is 490 Å². The Hall–Kier alpha value is -10.1. The van der Waals surface area contributed by atoms with E-state index in [1.807, 2.05) is 158 Å². The van der Waals surface area contributed by atoms with Crippen LogP contribution in [0.3, 0.4) is 0 Å². The normalized spacial score (nSPS) is 11.2. The van der Waals surface area contributed by atoms with Crippen molar-refractivity contribution in [3.8, 4) is 0 Å². The molecule has 0 unspecified atom stereocenters. The van der Waals surface area contributed by atoms with E-state index in [4.69, 9.17) is 13.3 Å². The molecule has 18 rings (SSSR count). The van der Waals surface area contributed by atoms with Gasteiger partial charge in [-0.15, -0.1) is 34.0 Å². The Kier molecular flexibility index (Phi) is 14.6. The van der Waals surface area contributed by atoms with E-state index in [-0.39, 0.29) is 0 Å². The molecule has 0 atom stereocenters. The average Bonchev–Trinajstić information content (AvgIpc) is 4.46. The molecular weight excluding hydrogens is 1110 g/mol. The second kappa shape index (κ2) is 23.0. The maximum atomic E-state index is 5.60. The van der Waals surface area contributed by atoms with Crippen molar-refractivity contribution in [3.63, 3.8) is 0 Å². The highest BCUT2D eigenvalue weighted by molar-refractivity contribution is 7.26. The van der Waals surface area contributed by atoms with Crippen molar-refractivity contribution in [2.45, 2.75) is 41.5 Å². The molecule has 18 heteroatoms. The predicted octanol–water partition coefficient (Wildman–Crippen LogP) is 17.5. The summed E-state index contributed by atoms with van der Waals surface area (Å²) >= 11 is 5.21. The van der Waals surface area contributed by atoms with E-state index in [1.165, 1.54) is 45.0 Å². The van der Waals surface area contributed by atoms with Crippen LogP contribution in [0.4, 0.5) is 0 Å². The number of furan rings is 3. The molecule has 0 aromatic carbocycles. The molecular formula is C66H48N12O3S3. The van der Waals surface area contributed by atoms with Crippen molar-refractivity contribution >= 4 is 161 Å². The van der Waals surface area contributed by atoms with E-state index in [2.05, 4.69) is 96.2 Å². The number of rotatable bonds is 0. The van der Waals surface area contributed by atoms with Crippen molar-refractivity contribution in [1.29, 1.82) is 0 Å². The molecule has 0 spiro atoms. The van der Waals surface area contributed by atoms with Crippen LogP contribution < -0.4 is 0 Å². The van der Waals surface area contributed by atoms with Crippen LogP contribution in [0.5, 0.6) is 0 Å². The van der Waals surface area contributed by atoms with Crippen LogP contribution >= 0.6 is 34.0 Å². The maximum absolute atomic E-state index is 5.60. The summed E-state index contributed by atoms with van der Waals surface area (Å²) < 4.78 is 22.9. The average molecular weight is 1150 g/mol. The number of hydrogen-bond donors (Lipinski definition) is 0. The molecule has 84 heavy (non-hydrogen) atoms. The van der Waals surface area contributed by atoms with Crippen LogP contribution in [-0.2, 0) is 0 Å². The van der Waals surface area contributed by atoms with Gasteiger partial charge in [0.15, 0.2) is 22.3 Å². The minimum atomic E-state index is 0.676. The molecule has 0 saturated carbocycles. The van der Waals surface area contributed by atoms with Crippen LogP contribution in [-0.4, -0.2) is 59.8 Å². The first-order valence-electron chi connectivity index (χ1n) is 26.7. The van der Waals surface area contributed by atoms with E-state index < -0.39 is 0 Å². The van der Waals surface area contributed by atoms with Crippen LogP contribution in [0.15, 0.2) is 197 Å². The number of pyridine rings is 12. The van der Waals surface area contributed by atoms with Gasteiger partial charge in [0, 0.05) is 144 Å². The zero-order valence-electron chi connectivity index (χ0n) is 46.1. The summed E-state index contributed by atoms with van der Waals surface area (Å²) in [5, 5.41) is 9.27. The van der Waals surface area contributed by atoms with Crippen LogP contribution in [0.2, 0.25) is 0 Å². The second-order valence-electron chi connectivity index (χ2n) is 19.7. The van der Waals surface area contributed by atoms with Crippen molar-refractivity contribution < 1.29 is 13.3 Å². The number of thiophene rings is 3. The molecule has 0 bridgehead atoms. The van der Waals surface area contributed by atoms with E-state index >= 15 is 0 Å². The van der Waals surface area contributed by atoms with Crippen molar-refractivity contribution in [1.82, 2.24) is 59.8 Å². The highest BCUT2D eigenvalue weighted by atomic mass is 32.1. The summed E-state index contributed by atoms with van der Waals surface area (Å²) in [7, 11) is 0. The Morgan fingerprint density at radius 1 is 0.286 bits per heavy atom. The SMILES string of the molecule is Cc1cc2c(cn1)oc1ccncc12.Cc1cc2c(cn1)oc1ncccc12.Cc1cc2c(cn1)sc1ccncc12.Cc1cc2c(cn1)sc1ncccc12.Cc1ccc2oc3cccnc3c2n1.Cc1ccc2sc3cccnc3c2n1. The molecule has 0 aliphatic heterocycles. The summed E-state index contributed by atoms with van der Waals surface area (Å²) in [6.45, 7) is 11.9. The number of fused-ring (bicyclic) bond motifs is 18. The fourth-order valence-electron chi connectivity index (χ4n) is 9.63. The first-order valence-corrected chi connectivity index (χ1v) is 29.1. The zero-order valence-corrected chi connectivity index (χ0v) is 48.6. The lowest BCUT2D eigenvalue weighted by molar-refractivity contribution is 0.652. The van der Waals surface area contributed by atoms with Crippen LogP contribution in [0, 0.1) is 41.5 Å². The molecule has 0 N–H and O–H groups in total. The van der Waals surface area contributed by atoms with Gasteiger partial charge in [0.2, 0.25) is 5.71 Å². The van der Waals surface area contributed by atoms with Crippen LogP contribution in [0.25, 0.3) is 127 Å². The van der Waals surface area contributed by atoms with Crippen molar-refractivity contribution in [2.24, 2.45) is 0 Å². The third-order valence-corrected chi connectivity index (χ3v) is 16.8. The van der Waals surface area contributed by atoms with Gasteiger partial charge in [-0.2, -0.15) is 0 Å². The number of nitrogens with zero attached hydrogens (tertiary/aromatic N) is 12. The molecule has 0 aliphatic rings. The molecule has 0 radical (unpaired) electrons. The van der Waals surface area contributed by atoms with E-state index in [1.54, 1.807) is 65.0 Å². The Morgan fingerprint density at radius 2 is 0.821 bits per heavy atom. The van der Waals surface area contributed by atoms with Gasteiger partial charge >= 0.3 is 0 Å². The maximum Gasteiger partial charge on any atom is 0.227 e. The molecule has 0 saturated heterocycles. The lowest BCUT2D eigenvalue weighted by atomic mass is 10.2. The molecule has 0 amide bonds. The largest absolute Gasteiger partial charge is 0.454 e. The van der Waals surface area contributed by atoms with Gasteiger partial charge in [-0.05, 0) is 151 Å². The van der Waals surface area contributed by atoms with E-state index in [9.17, 15) is 0 Å². The minimum absolute atomic E-state index is 0.676. The molecule has 408 valence electrons. The predicted molar refractivity (Wildman–Crippen MR) is 341 cm³/mol. The lowest BCUT2D eigenvalue weighted by Gasteiger charge is -1.91. The van der Waals surface area contributed by atoms with Gasteiger partial charge < -0.3 is 13.3 Å². The summed E-state index contributed by atoms with van der Waals surface area (Å²) in [6.07, 6.45) is 21.8. The summed E-state index contributed by atoms with van der Waals surface area (Å²) in [4.78, 5) is 52.3. The van der Waals surface area contributed by atoms with Crippen molar-refractivity contribution in [3.05, 3.63) is 218 Å². The Balaban J connectivity index is 0.0000000940. The number of aromatic nitrogens is 12. The van der Waals surface area contributed by atoms with Gasteiger partial charge in [-0.3, -0.25) is 39.9 Å². The monoisotopic (exact) mass is 1150 g/mol. The number of hydrogen-bond acceptors (Lipinski definition) is 18. The summed E-state index contributed by atoms with van der Waals surface area (Å²) in [5.74, 6) is 0. The summed E-state index contributed by atoms with van der Waals surface area (Å²) in [6, 6.07) is 36.0. The Morgan fingerprint density at radius 3 is 1.60 bits per heavy atom. The fourth-order valence-corrected chi connectivity index (χ4v) is 12.7. The number of aryl methyl sites for hydroxylation is 6. The smallest absolute Gasteiger partial charge is 0.227 e. The van der Waals surface area contributed by atoms with E-state index in [0.29, 0.717) is 5.71 Å². The standard InChI is InChI=1S/3C11H8N2O.3C11H8N2S/c1-7-4-8-9-5-12-3-2-10(9)14-11(8)6-13-7;1-7-4-5-9-11(13-7)10-8(14-9)3-2-6-12-10;1-7-5-9-8-3-2-4-12-11(8)14-10(9)6-13-7;1-7-4-8-9-5-12-3-2-10(9)14-11(8)6-13-7;1-7-4-5-9-11(13-7)10-8(14-9)3-2-6-12-10;1-7-5-9-8-3-2-4-12-11(8)14-10(9)6-13-7/h6*2-6H,1H3. The third kappa shape index (κ3) is 10.9. The molecule has 18 aromatic heterocycles. The first kappa shape index (κ1) is 53.2. The van der Waals surface area contributed by atoms with Gasteiger partial charge in [-0.25, -0.2) is 19.9 Å². The van der Waals surface area contributed by atoms with Gasteiger partial charge in [-0.1, -0.05) is 0 Å². The minimum Gasteiger partial charge on any atom is -0.454 e. The third-order valence-electron chi connectivity index (χ3n) is 13.6. The molecule has 18 aromatic rings. The highest BCUT2D eigenvalue weighted by Crippen LogP contribution is 2.35. The quantitative estimate of drug-likeness (QED) is 0.139. The summed E-state index contributed by atoms with van der Waals surface area (Å²) in [5.41, 5.74) is 14.6. The van der Waals surface area contributed by atoms with Gasteiger partial charge in [0.05, 0.1) is 31.2 Å².